The van der Waals surface area contributed by atoms with Gasteiger partial charge in [0.25, 0.3) is 0 Å². The van der Waals surface area contributed by atoms with Crippen molar-refractivity contribution < 1.29 is 19.4 Å². The van der Waals surface area contributed by atoms with E-state index in [2.05, 4.69) is 24.0 Å². The number of benzene rings is 2. The third-order valence-corrected chi connectivity index (χ3v) is 6.23. The summed E-state index contributed by atoms with van der Waals surface area (Å²) in [6.45, 7) is 6.23. The number of fused-ring (bicyclic) bond motifs is 1. The Morgan fingerprint density at radius 3 is 2.90 bits per heavy atom. The molecule has 1 unspecified atom stereocenters. The van der Waals surface area contributed by atoms with Crippen LogP contribution in [-0.2, 0) is 22.4 Å². The third kappa shape index (κ3) is 5.12. The molecule has 2 aliphatic heterocycles. The van der Waals surface area contributed by atoms with E-state index in [0.717, 1.165) is 42.7 Å². The van der Waals surface area contributed by atoms with Crippen molar-refractivity contribution in [1.82, 2.24) is 5.32 Å². The molecule has 0 spiro atoms. The number of amides is 1. The average molecular weight is 442 g/mol. The smallest absolute Gasteiger partial charge is 0.218 e. The predicted molar refractivity (Wildman–Crippen MR) is 120 cm³/mol. The number of aryl methyl sites for hydroxylation is 1. The van der Waals surface area contributed by atoms with Gasteiger partial charge in [-0.3, -0.25) is 4.79 Å². The fraction of sp³-hybridized carbons (Fsp3) is 0.400. The van der Waals surface area contributed by atoms with E-state index in [1.165, 1.54) is 18.1 Å². The zero-order chi connectivity index (χ0) is 22.0. The molecule has 0 radical (unpaired) electrons. The van der Waals surface area contributed by atoms with Crippen molar-refractivity contribution in [2.24, 2.45) is 0 Å². The quantitative estimate of drug-likeness (QED) is 0.686. The molecule has 0 aromatic heterocycles. The van der Waals surface area contributed by atoms with Crippen molar-refractivity contribution in [3.63, 3.8) is 0 Å². The number of rotatable bonds is 4. The van der Waals surface area contributed by atoms with Crippen LogP contribution in [0, 0.1) is 0 Å². The summed E-state index contributed by atoms with van der Waals surface area (Å²) in [5, 5.41) is 13.8. The molecule has 1 saturated heterocycles. The highest BCUT2D eigenvalue weighted by molar-refractivity contribution is 6.31. The molecular weight excluding hydrogens is 414 g/mol. The van der Waals surface area contributed by atoms with Crippen LogP contribution >= 0.6 is 11.6 Å². The van der Waals surface area contributed by atoms with Crippen molar-refractivity contribution in [2.45, 2.75) is 57.5 Å². The van der Waals surface area contributed by atoms with E-state index in [1.54, 1.807) is 0 Å². The summed E-state index contributed by atoms with van der Waals surface area (Å²) in [4.78, 5) is 11.4. The van der Waals surface area contributed by atoms with Gasteiger partial charge in [-0.2, -0.15) is 0 Å². The highest BCUT2D eigenvalue weighted by Crippen LogP contribution is 2.36. The highest BCUT2D eigenvalue weighted by Gasteiger charge is 2.33. The summed E-state index contributed by atoms with van der Waals surface area (Å²) in [6.07, 6.45) is 2.36. The fourth-order valence-electron chi connectivity index (χ4n) is 4.24. The van der Waals surface area contributed by atoms with Crippen molar-refractivity contribution in [2.75, 3.05) is 6.61 Å². The Morgan fingerprint density at radius 2 is 2.10 bits per heavy atom. The lowest BCUT2D eigenvalue weighted by atomic mass is 9.91. The van der Waals surface area contributed by atoms with Gasteiger partial charge in [0.1, 0.15) is 18.1 Å². The van der Waals surface area contributed by atoms with Crippen LogP contribution < -0.4 is 10.1 Å². The van der Waals surface area contributed by atoms with E-state index < -0.39 is 18.4 Å². The first-order valence-corrected chi connectivity index (χ1v) is 11.1. The summed E-state index contributed by atoms with van der Waals surface area (Å²) in [6, 6.07) is 12.1. The second kappa shape index (κ2) is 9.43. The zero-order valence-electron chi connectivity index (χ0n) is 17.7. The predicted octanol–water partition coefficient (Wildman–Crippen LogP) is 4.49. The van der Waals surface area contributed by atoms with E-state index >= 15 is 0 Å². The first kappa shape index (κ1) is 21.9. The van der Waals surface area contributed by atoms with Crippen LogP contribution in [-0.4, -0.2) is 30.0 Å². The van der Waals surface area contributed by atoms with Gasteiger partial charge in [0.15, 0.2) is 0 Å². The van der Waals surface area contributed by atoms with Crippen molar-refractivity contribution >= 4 is 17.5 Å². The summed E-state index contributed by atoms with van der Waals surface area (Å²) >= 11 is 6.52. The van der Waals surface area contributed by atoms with Gasteiger partial charge in [-0.15, -0.1) is 0 Å². The molecule has 0 saturated carbocycles. The van der Waals surface area contributed by atoms with E-state index in [9.17, 15) is 9.90 Å². The Bertz CT molecular complexity index is 989. The minimum absolute atomic E-state index is 0.201. The van der Waals surface area contributed by atoms with Crippen molar-refractivity contribution in [3.05, 3.63) is 75.8 Å². The Balaban J connectivity index is 1.57. The van der Waals surface area contributed by atoms with Crippen LogP contribution in [0.3, 0.4) is 0 Å². The van der Waals surface area contributed by atoms with Gasteiger partial charge in [-0.1, -0.05) is 42.4 Å². The molecule has 2 N–H and O–H groups in total. The molecule has 2 aromatic carbocycles. The lowest BCUT2D eigenvalue weighted by molar-refractivity contribution is -0.129. The summed E-state index contributed by atoms with van der Waals surface area (Å²) in [7, 11) is 0. The third-order valence-electron chi connectivity index (χ3n) is 5.86. The molecule has 31 heavy (non-hydrogen) atoms. The van der Waals surface area contributed by atoms with E-state index in [-0.39, 0.29) is 12.3 Å². The topological polar surface area (TPSA) is 67.8 Å². The molecule has 2 aliphatic rings. The van der Waals surface area contributed by atoms with Crippen LogP contribution in [0.25, 0.3) is 0 Å². The molecule has 6 heteroatoms. The van der Waals surface area contributed by atoms with Crippen LogP contribution in [0.15, 0.2) is 48.6 Å². The Labute approximate surface area is 188 Å². The van der Waals surface area contributed by atoms with Gasteiger partial charge in [-0.25, -0.2) is 0 Å². The number of aliphatic hydroxyl groups excluding tert-OH is 1. The number of hydrogen-bond acceptors (Lipinski definition) is 4. The van der Waals surface area contributed by atoms with Gasteiger partial charge in [-0.05, 0) is 65.6 Å². The fourth-order valence-corrected chi connectivity index (χ4v) is 4.42. The van der Waals surface area contributed by atoms with Crippen molar-refractivity contribution in [3.8, 4) is 5.75 Å². The molecule has 0 aliphatic carbocycles. The van der Waals surface area contributed by atoms with Gasteiger partial charge < -0.3 is 19.9 Å². The maximum atomic E-state index is 11.4. The van der Waals surface area contributed by atoms with E-state index in [4.69, 9.17) is 21.1 Å². The second-order valence-corrected chi connectivity index (χ2v) is 8.71. The average Bonchev–Trinajstić information content (AvgIpc) is 2.97. The first-order valence-electron chi connectivity index (χ1n) is 10.7. The second-order valence-electron chi connectivity index (χ2n) is 8.31. The van der Waals surface area contributed by atoms with Gasteiger partial charge in [0, 0.05) is 18.4 Å². The molecule has 2 aromatic rings. The maximum absolute atomic E-state index is 11.4. The van der Waals surface area contributed by atoms with Crippen LogP contribution in [0.1, 0.15) is 54.5 Å². The Kier molecular flexibility index (Phi) is 6.65. The highest BCUT2D eigenvalue weighted by atomic mass is 35.5. The number of nitrogens with one attached hydrogen (secondary N) is 1. The number of hydrogen-bond donors (Lipinski definition) is 2. The Morgan fingerprint density at radius 1 is 1.26 bits per heavy atom. The Hall–Kier alpha value is -2.34. The number of halogens is 1. The molecule has 164 valence electrons. The minimum atomic E-state index is -0.751. The largest absolute Gasteiger partial charge is 0.493 e. The van der Waals surface area contributed by atoms with Crippen LogP contribution in [0.5, 0.6) is 5.75 Å². The van der Waals surface area contributed by atoms with Crippen LogP contribution in [0.2, 0.25) is 5.02 Å². The molecule has 1 fully saturated rings. The lowest BCUT2D eigenvalue weighted by Crippen LogP contribution is -2.43. The standard InChI is InChI=1S/C25H28ClNO4/c1-15-22(29)14-24(27-16(2)28)31-25(15)19-7-8-21(26)20(13-19)12-17-6-9-23-18(11-17)5-3-4-10-30-23/h6-9,11,13,22,24-25,29H,1,3-5,10,12,14H2,2H3,(H,27,28)/t22-,24?,25+/m0/s1. The van der Waals surface area contributed by atoms with Gasteiger partial charge in [0.2, 0.25) is 5.91 Å². The number of aliphatic hydroxyl groups is 1. The van der Waals surface area contributed by atoms with E-state index in [0.29, 0.717) is 17.0 Å². The van der Waals surface area contributed by atoms with Crippen molar-refractivity contribution in [1.29, 1.82) is 0 Å². The normalized spacial score (nSPS) is 23.5. The molecule has 5 nitrogen and oxygen atoms in total. The maximum Gasteiger partial charge on any atom is 0.218 e. The SMILES string of the molecule is C=C1[C@H](c2ccc(Cl)c(Cc3ccc4c(c3)CCCCO4)c2)OC(NC(C)=O)C[C@@H]1O. The molecule has 3 atom stereocenters. The lowest BCUT2D eigenvalue weighted by Gasteiger charge is -2.35. The van der Waals surface area contributed by atoms with Gasteiger partial charge >= 0.3 is 0 Å². The monoisotopic (exact) mass is 441 g/mol. The zero-order valence-corrected chi connectivity index (χ0v) is 18.5. The molecule has 2 heterocycles. The first-order chi connectivity index (χ1) is 14.9. The molecule has 0 bridgehead atoms. The van der Waals surface area contributed by atoms with Gasteiger partial charge in [0.05, 0.1) is 12.7 Å². The molecular formula is C25H28ClNO4. The summed E-state index contributed by atoms with van der Waals surface area (Å²) < 4.78 is 11.9. The van der Waals surface area contributed by atoms with E-state index in [1.807, 2.05) is 24.3 Å². The molecule has 1 amide bonds. The number of carbonyl (C=O) groups excluding carboxylic acids is 1. The summed E-state index contributed by atoms with van der Waals surface area (Å²) in [5.74, 6) is 0.776. The summed E-state index contributed by atoms with van der Waals surface area (Å²) in [5.41, 5.74) is 4.82. The van der Waals surface area contributed by atoms with Crippen LogP contribution in [0.4, 0.5) is 0 Å². The number of ether oxygens (including phenoxy) is 2. The molecule has 4 rings (SSSR count). The number of carbonyl (C=O) groups is 1. The minimum Gasteiger partial charge on any atom is -0.493 e.